The average Bonchev–Trinajstić information content (AvgIpc) is 3.16. The summed E-state index contributed by atoms with van der Waals surface area (Å²) in [4.78, 5) is 23.1. The monoisotopic (exact) mass is 344 g/mol. The van der Waals surface area contributed by atoms with E-state index in [1.165, 1.54) is 11.3 Å². The van der Waals surface area contributed by atoms with Gasteiger partial charge in [-0.2, -0.15) is 0 Å². The molecule has 0 aliphatic carbocycles. The number of carbonyl (C=O) groups is 1. The van der Waals surface area contributed by atoms with Crippen molar-refractivity contribution in [2.75, 3.05) is 25.0 Å². The Balaban J connectivity index is 1.54. The number of nitrogens with one attached hydrogen (secondary N) is 1. The molecule has 2 aliphatic heterocycles. The molecule has 4 rings (SSSR count). The van der Waals surface area contributed by atoms with Crippen LogP contribution in [0, 0.1) is 5.92 Å². The predicted molar refractivity (Wildman–Crippen MR) is 92.1 cm³/mol. The average molecular weight is 344 g/mol. The lowest BCUT2D eigenvalue weighted by molar-refractivity contribution is -0.0676. The SMILES string of the molecule is O=C(c1cscn1)N1C[C@@H]2CCCO[C@@H]2[C@H](Nc2ccccn2)C1. The van der Waals surface area contributed by atoms with Gasteiger partial charge in [0.05, 0.1) is 17.7 Å². The minimum Gasteiger partial charge on any atom is -0.376 e. The van der Waals surface area contributed by atoms with Gasteiger partial charge in [0, 0.05) is 37.2 Å². The first-order valence-electron chi connectivity index (χ1n) is 8.28. The highest BCUT2D eigenvalue weighted by Gasteiger charge is 2.41. The molecule has 2 aliphatic rings. The number of aromatic nitrogens is 2. The number of anilines is 1. The van der Waals surface area contributed by atoms with E-state index in [1.807, 2.05) is 28.5 Å². The van der Waals surface area contributed by atoms with Crippen LogP contribution >= 0.6 is 11.3 Å². The molecule has 0 spiro atoms. The summed E-state index contributed by atoms with van der Waals surface area (Å²) >= 11 is 1.45. The maximum atomic E-state index is 12.7. The number of piperidine rings is 1. The van der Waals surface area contributed by atoms with Gasteiger partial charge in [-0.05, 0) is 25.0 Å². The van der Waals surface area contributed by atoms with Crippen LogP contribution in [0.2, 0.25) is 0 Å². The fourth-order valence-corrected chi connectivity index (χ4v) is 4.14. The molecule has 2 aromatic heterocycles. The van der Waals surface area contributed by atoms with E-state index in [4.69, 9.17) is 4.74 Å². The Hall–Kier alpha value is -1.99. The summed E-state index contributed by atoms with van der Waals surface area (Å²) in [5.74, 6) is 1.18. The summed E-state index contributed by atoms with van der Waals surface area (Å²) in [5.41, 5.74) is 2.24. The van der Waals surface area contributed by atoms with Gasteiger partial charge in [-0.3, -0.25) is 4.79 Å². The molecular formula is C17H20N4O2S. The van der Waals surface area contributed by atoms with Crippen LogP contribution in [-0.4, -0.2) is 52.6 Å². The van der Waals surface area contributed by atoms with Gasteiger partial charge in [0.25, 0.3) is 5.91 Å². The lowest BCUT2D eigenvalue weighted by atomic mass is 9.85. The quantitative estimate of drug-likeness (QED) is 0.925. The fourth-order valence-electron chi connectivity index (χ4n) is 3.62. The van der Waals surface area contributed by atoms with Gasteiger partial charge in [-0.25, -0.2) is 9.97 Å². The van der Waals surface area contributed by atoms with Crippen LogP contribution in [0.15, 0.2) is 35.3 Å². The first kappa shape index (κ1) is 15.5. The lowest BCUT2D eigenvalue weighted by Gasteiger charge is -2.46. The Kier molecular flexibility index (Phi) is 4.44. The van der Waals surface area contributed by atoms with Crippen molar-refractivity contribution in [3.05, 3.63) is 41.0 Å². The van der Waals surface area contributed by atoms with Gasteiger partial charge in [-0.1, -0.05) is 6.07 Å². The van der Waals surface area contributed by atoms with Crippen molar-refractivity contribution in [1.29, 1.82) is 0 Å². The van der Waals surface area contributed by atoms with Crippen LogP contribution in [0.1, 0.15) is 23.3 Å². The number of hydrogen-bond acceptors (Lipinski definition) is 6. The Bertz CT molecular complexity index is 679. The van der Waals surface area contributed by atoms with Crippen LogP contribution in [0.4, 0.5) is 5.82 Å². The van der Waals surface area contributed by atoms with Gasteiger partial charge in [-0.15, -0.1) is 11.3 Å². The molecule has 2 saturated heterocycles. The zero-order valence-electron chi connectivity index (χ0n) is 13.3. The van der Waals surface area contributed by atoms with E-state index in [2.05, 4.69) is 15.3 Å². The van der Waals surface area contributed by atoms with Gasteiger partial charge >= 0.3 is 0 Å². The van der Waals surface area contributed by atoms with Crippen molar-refractivity contribution in [2.45, 2.75) is 25.0 Å². The summed E-state index contributed by atoms with van der Waals surface area (Å²) in [6.45, 7) is 2.14. The largest absolute Gasteiger partial charge is 0.376 e. The highest BCUT2D eigenvalue weighted by molar-refractivity contribution is 7.07. The maximum absolute atomic E-state index is 12.7. The lowest BCUT2D eigenvalue weighted by Crippen LogP contribution is -2.59. The Labute approximate surface area is 144 Å². The number of rotatable bonds is 3. The van der Waals surface area contributed by atoms with Crippen LogP contribution in [-0.2, 0) is 4.74 Å². The second-order valence-corrected chi connectivity index (χ2v) is 7.01. The van der Waals surface area contributed by atoms with E-state index in [-0.39, 0.29) is 18.1 Å². The molecule has 4 heterocycles. The van der Waals surface area contributed by atoms with Gasteiger partial charge in [0.1, 0.15) is 11.5 Å². The molecule has 1 N–H and O–H groups in total. The Morgan fingerprint density at radius 1 is 1.33 bits per heavy atom. The van der Waals surface area contributed by atoms with Gasteiger partial charge in [0.15, 0.2) is 0 Å². The molecule has 0 radical (unpaired) electrons. The van der Waals surface area contributed by atoms with E-state index in [9.17, 15) is 4.79 Å². The second kappa shape index (κ2) is 6.86. The molecule has 0 aromatic carbocycles. The summed E-state index contributed by atoms with van der Waals surface area (Å²) < 4.78 is 6.04. The van der Waals surface area contributed by atoms with E-state index in [0.717, 1.165) is 31.8 Å². The standard InChI is InChI=1S/C17H20N4O2S/c22-17(14-10-24-11-19-14)21-8-12-4-3-7-23-16(12)13(9-21)20-15-5-1-2-6-18-15/h1-2,5-6,10-13,16H,3-4,7-9H2,(H,18,20)/t12-,13+,16-/m0/s1. The van der Waals surface area contributed by atoms with Crippen LogP contribution in [0.5, 0.6) is 0 Å². The molecule has 0 unspecified atom stereocenters. The zero-order valence-corrected chi connectivity index (χ0v) is 14.1. The third-order valence-corrected chi connectivity index (χ3v) is 5.29. The number of amides is 1. The Morgan fingerprint density at radius 2 is 2.29 bits per heavy atom. The van der Waals surface area contributed by atoms with Gasteiger partial charge < -0.3 is 15.0 Å². The minimum atomic E-state index is 0.00749. The van der Waals surface area contributed by atoms with E-state index in [1.54, 1.807) is 11.7 Å². The number of ether oxygens (including phenoxy) is 1. The highest BCUT2D eigenvalue weighted by Crippen LogP contribution is 2.30. The number of fused-ring (bicyclic) bond motifs is 1. The molecule has 24 heavy (non-hydrogen) atoms. The molecule has 2 aromatic rings. The third-order valence-electron chi connectivity index (χ3n) is 4.70. The number of carbonyl (C=O) groups excluding carboxylic acids is 1. The number of likely N-dealkylation sites (tertiary alicyclic amines) is 1. The van der Waals surface area contributed by atoms with Crippen molar-refractivity contribution >= 4 is 23.1 Å². The van der Waals surface area contributed by atoms with E-state index >= 15 is 0 Å². The third kappa shape index (κ3) is 3.14. The number of thiazole rings is 1. The van der Waals surface area contributed by atoms with Crippen molar-refractivity contribution in [3.63, 3.8) is 0 Å². The molecular weight excluding hydrogens is 324 g/mol. The topological polar surface area (TPSA) is 67.4 Å². The van der Waals surface area contributed by atoms with Crippen molar-refractivity contribution < 1.29 is 9.53 Å². The van der Waals surface area contributed by atoms with Crippen LogP contribution in [0.25, 0.3) is 0 Å². The first-order chi connectivity index (χ1) is 11.8. The number of pyridine rings is 1. The molecule has 6 nitrogen and oxygen atoms in total. The number of nitrogens with zero attached hydrogens (tertiary/aromatic N) is 3. The second-order valence-electron chi connectivity index (χ2n) is 6.29. The molecule has 126 valence electrons. The molecule has 2 fully saturated rings. The number of hydrogen-bond donors (Lipinski definition) is 1. The smallest absolute Gasteiger partial charge is 0.273 e. The molecule has 3 atom stereocenters. The zero-order chi connectivity index (χ0) is 16.4. The van der Waals surface area contributed by atoms with Crippen molar-refractivity contribution in [2.24, 2.45) is 5.92 Å². The minimum absolute atomic E-state index is 0.00749. The molecule has 0 saturated carbocycles. The predicted octanol–water partition coefficient (Wildman–Crippen LogP) is 2.27. The van der Waals surface area contributed by atoms with Gasteiger partial charge in [0.2, 0.25) is 0 Å². The first-order valence-corrected chi connectivity index (χ1v) is 9.22. The van der Waals surface area contributed by atoms with E-state index in [0.29, 0.717) is 18.2 Å². The van der Waals surface area contributed by atoms with Crippen LogP contribution < -0.4 is 5.32 Å². The fraction of sp³-hybridized carbons (Fsp3) is 0.471. The molecule has 1 amide bonds. The summed E-state index contributed by atoms with van der Waals surface area (Å²) in [5, 5.41) is 5.27. The van der Waals surface area contributed by atoms with Crippen LogP contribution in [0.3, 0.4) is 0 Å². The van der Waals surface area contributed by atoms with E-state index < -0.39 is 0 Å². The molecule has 0 bridgehead atoms. The normalized spacial score (nSPS) is 26.7. The molecule has 7 heteroatoms. The highest BCUT2D eigenvalue weighted by atomic mass is 32.1. The summed E-state index contributed by atoms with van der Waals surface area (Å²) in [7, 11) is 0. The summed E-state index contributed by atoms with van der Waals surface area (Å²) in [6, 6.07) is 5.83. The van der Waals surface area contributed by atoms with Crippen molar-refractivity contribution in [1.82, 2.24) is 14.9 Å². The Morgan fingerprint density at radius 3 is 3.08 bits per heavy atom. The van der Waals surface area contributed by atoms with Crippen molar-refractivity contribution in [3.8, 4) is 0 Å². The maximum Gasteiger partial charge on any atom is 0.273 e. The summed E-state index contributed by atoms with van der Waals surface area (Å²) in [6.07, 6.45) is 4.03.